The smallest absolute Gasteiger partial charge is 0.150 e. The van der Waals surface area contributed by atoms with Crippen LogP contribution in [0.3, 0.4) is 0 Å². The summed E-state index contributed by atoms with van der Waals surface area (Å²) >= 11 is 3.63. The zero-order valence-corrected chi connectivity index (χ0v) is 12.7. The molecule has 1 aliphatic rings. The molecule has 100 valence electrons. The number of rotatable bonds is 4. The van der Waals surface area contributed by atoms with Crippen molar-refractivity contribution >= 4 is 25.8 Å². The second-order valence-electron chi connectivity index (χ2n) is 4.74. The third kappa shape index (κ3) is 3.33. The van der Waals surface area contributed by atoms with Crippen LogP contribution in [0.2, 0.25) is 0 Å². The van der Waals surface area contributed by atoms with E-state index < -0.39 is 9.84 Å². The maximum absolute atomic E-state index is 11.5. The molecule has 0 saturated carbocycles. The lowest BCUT2D eigenvalue weighted by molar-refractivity contribution is 0.185. The van der Waals surface area contributed by atoms with E-state index in [2.05, 4.69) is 15.9 Å². The first-order valence-corrected chi connectivity index (χ1v) is 8.68. The van der Waals surface area contributed by atoms with Crippen molar-refractivity contribution in [1.29, 1.82) is 0 Å². The van der Waals surface area contributed by atoms with Gasteiger partial charge < -0.3 is 4.74 Å². The van der Waals surface area contributed by atoms with Gasteiger partial charge >= 0.3 is 0 Å². The van der Waals surface area contributed by atoms with Gasteiger partial charge in [-0.1, -0.05) is 40.2 Å². The summed E-state index contributed by atoms with van der Waals surface area (Å²) in [7, 11) is -1.14. The summed E-state index contributed by atoms with van der Waals surface area (Å²) in [6.45, 7) is 0.602. The normalized spacial score (nSPS) is 24.0. The van der Waals surface area contributed by atoms with Crippen molar-refractivity contribution < 1.29 is 13.2 Å². The lowest BCUT2D eigenvalue weighted by Gasteiger charge is -2.16. The molecule has 0 aromatic heterocycles. The van der Waals surface area contributed by atoms with E-state index in [9.17, 15) is 8.42 Å². The molecule has 1 aromatic carbocycles. The number of ether oxygens (including phenoxy) is 1. The standard InChI is InChI=1S/C13H17BrO3S/c1-17-8-10-2-4-11(5-3-10)13(14)12-6-7-18(15,16)9-12/h2-5,12-13H,6-9H2,1H3. The van der Waals surface area contributed by atoms with Crippen LogP contribution in [0, 0.1) is 5.92 Å². The van der Waals surface area contributed by atoms with Crippen molar-refractivity contribution in [3.05, 3.63) is 35.4 Å². The SMILES string of the molecule is COCc1ccc(C(Br)C2CCS(=O)(=O)C2)cc1. The highest BCUT2D eigenvalue weighted by atomic mass is 79.9. The first-order chi connectivity index (χ1) is 8.52. The topological polar surface area (TPSA) is 43.4 Å². The van der Waals surface area contributed by atoms with Gasteiger partial charge in [-0.2, -0.15) is 0 Å². The van der Waals surface area contributed by atoms with E-state index in [1.165, 1.54) is 0 Å². The number of alkyl halides is 1. The quantitative estimate of drug-likeness (QED) is 0.796. The van der Waals surface area contributed by atoms with Gasteiger partial charge in [-0.15, -0.1) is 0 Å². The zero-order valence-electron chi connectivity index (χ0n) is 10.3. The molecule has 1 heterocycles. The number of halogens is 1. The van der Waals surface area contributed by atoms with E-state index in [-0.39, 0.29) is 10.7 Å². The van der Waals surface area contributed by atoms with E-state index in [0.717, 1.165) is 17.5 Å². The number of hydrogen-bond acceptors (Lipinski definition) is 3. The van der Waals surface area contributed by atoms with Crippen molar-refractivity contribution in [2.75, 3.05) is 18.6 Å². The van der Waals surface area contributed by atoms with Crippen LogP contribution in [0.4, 0.5) is 0 Å². The van der Waals surface area contributed by atoms with Gasteiger partial charge in [0.2, 0.25) is 0 Å². The maximum Gasteiger partial charge on any atom is 0.150 e. The summed E-state index contributed by atoms with van der Waals surface area (Å²) in [5.41, 5.74) is 2.26. The minimum atomic E-state index is -2.82. The third-order valence-electron chi connectivity index (χ3n) is 3.29. The fourth-order valence-electron chi connectivity index (χ4n) is 2.29. The van der Waals surface area contributed by atoms with E-state index >= 15 is 0 Å². The van der Waals surface area contributed by atoms with Crippen LogP contribution in [0.25, 0.3) is 0 Å². The number of methoxy groups -OCH3 is 1. The molecule has 2 rings (SSSR count). The van der Waals surface area contributed by atoms with Crippen molar-refractivity contribution in [1.82, 2.24) is 0 Å². The molecule has 0 bridgehead atoms. The Balaban J connectivity index is 2.07. The molecule has 1 aliphatic heterocycles. The van der Waals surface area contributed by atoms with Crippen molar-refractivity contribution in [3.8, 4) is 0 Å². The molecule has 0 N–H and O–H groups in total. The Morgan fingerprint density at radius 3 is 2.56 bits per heavy atom. The average molecular weight is 333 g/mol. The molecular formula is C13H17BrO3S. The predicted octanol–water partition coefficient (Wildman–Crippen LogP) is 2.70. The molecule has 5 heteroatoms. The molecule has 0 radical (unpaired) electrons. The highest BCUT2D eigenvalue weighted by Gasteiger charge is 2.33. The Morgan fingerprint density at radius 2 is 2.06 bits per heavy atom. The molecule has 1 saturated heterocycles. The molecule has 1 fully saturated rings. The third-order valence-corrected chi connectivity index (χ3v) is 6.36. The van der Waals surface area contributed by atoms with Gasteiger partial charge in [-0.25, -0.2) is 8.42 Å². The molecular weight excluding hydrogens is 316 g/mol. The van der Waals surface area contributed by atoms with E-state index in [1.54, 1.807) is 7.11 Å². The lowest BCUT2D eigenvalue weighted by atomic mass is 9.98. The van der Waals surface area contributed by atoms with Gasteiger partial charge in [-0.05, 0) is 23.5 Å². The Hall–Kier alpha value is -0.390. The summed E-state index contributed by atoms with van der Waals surface area (Å²) in [6, 6.07) is 8.13. The largest absolute Gasteiger partial charge is 0.380 e. The van der Waals surface area contributed by atoms with Crippen molar-refractivity contribution in [2.45, 2.75) is 17.9 Å². The van der Waals surface area contributed by atoms with Crippen LogP contribution >= 0.6 is 15.9 Å². The maximum atomic E-state index is 11.5. The molecule has 3 nitrogen and oxygen atoms in total. The average Bonchev–Trinajstić information content (AvgIpc) is 2.70. The van der Waals surface area contributed by atoms with Gasteiger partial charge in [0.05, 0.1) is 18.1 Å². The zero-order chi connectivity index (χ0) is 13.2. The molecule has 18 heavy (non-hydrogen) atoms. The minimum absolute atomic E-state index is 0.117. The van der Waals surface area contributed by atoms with Crippen molar-refractivity contribution in [2.24, 2.45) is 5.92 Å². The van der Waals surface area contributed by atoms with Crippen LogP contribution in [0.15, 0.2) is 24.3 Å². The van der Waals surface area contributed by atoms with Gasteiger partial charge in [0.1, 0.15) is 0 Å². The summed E-state index contributed by atoms with van der Waals surface area (Å²) in [4.78, 5) is 0.117. The van der Waals surface area contributed by atoms with Crippen molar-refractivity contribution in [3.63, 3.8) is 0 Å². The first-order valence-electron chi connectivity index (χ1n) is 5.94. The Morgan fingerprint density at radius 1 is 1.39 bits per heavy atom. The second-order valence-corrected chi connectivity index (χ2v) is 7.95. The van der Waals surface area contributed by atoms with Crippen LogP contribution in [0.5, 0.6) is 0 Å². The van der Waals surface area contributed by atoms with Crippen LogP contribution in [0.1, 0.15) is 22.4 Å². The van der Waals surface area contributed by atoms with Gasteiger partial charge in [0.25, 0.3) is 0 Å². The second kappa shape index (κ2) is 5.72. The number of hydrogen-bond donors (Lipinski definition) is 0. The molecule has 0 aliphatic carbocycles. The Kier molecular flexibility index (Phi) is 4.45. The minimum Gasteiger partial charge on any atom is -0.380 e. The van der Waals surface area contributed by atoms with Gasteiger partial charge in [-0.3, -0.25) is 0 Å². The highest BCUT2D eigenvalue weighted by Crippen LogP contribution is 2.37. The Bertz CT molecular complexity index is 495. The summed E-state index contributed by atoms with van der Waals surface area (Å²) < 4.78 is 28.0. The van der Waals surface area contributed by atoms with E-state index in [0.29, 0.717) is 18.1 Å². The van der Waals surface area contributed by atoms with Gasteiger partial charge in [0.15, 0.2) is 9.84 Å². The lowest BCUT2D eigenvalue weighted by Crippen LogP contribution is -2.10. The highest BCUT2D eigenvalue weighted by molar-refractivity contribution is 9.09. The molecule has 0 spiro atoms. The monoisotopic (exact) mass is 332 g/mol. The summed E-state index contributed by atoms with van der Waals surface area (Å²) in [6.07, 6.45) is 0.748. The van der Waals surface area contributed by atoms with Crippen LogP contribution in [-0.4, -0.2) is 27.0 Å². The molecule has 2 unspecified atom stereocenters. The summed E-state index contributed by atoms with van der Waals surface area (Å²) in [5, 5.41) is 0. The van der Waals surface area contributed by atoms with Crippen LogP contribution < -0.4 is 0 Å². The Labute approximate surface area is 117 Å². The molecule has 1 aromatic rings. The summed E-state index contributed by atoms with van der Waals surface area (Å²) in [5.74, 6) is 0.799. The predicted molar refractivity (Wildman–Crippen MR) is 75.6 cm³/mol. The first kappa shape index (κ1) is 14.0. The van der Waals surface area contributed by atoms with E-state index in [1.807, 2.05) is 24.3 Å². The molecule has 2 atom stereocenters. The molecule has 0 amide bonds. The van der Waals surface area contributed by atoms with E-state index in [4.69, 9.17) is 4.74 Å². The number of sulfone groups is 1. The fourth-order valence-corrected chi connectivity index (χ4v) is 5.14. The van der Waals surface area contributed by atoms with Crippen LogP contribution in [-0.2, 0) is 21.2 Å². The van der Waals surface area contributed by atoms with Gasteiger partial charge in [0, 0.05) is 11.9 Å². The fraction of sp³-hybridized carbons (Fsp3) is 0.538. The number of benzene rings is 1.